The first-order valence-corrected chi connectivity index (χ1v) is 9.02. The molecule has 0 radical (unpaired) electrons. The zero-order valence-corrected chi connectivity index (χ0v) is 14.5. The van der Waals surface area contributed by atoms with Gasteiger partial charge in [-0.1, -0.05) is 18.0 Å². The van der Waals surface area contributed by atoms with Crippen LogP contribution in [0.5, 0.6) is 5.75 Å². The molecule has 0 spiro atoms. The highest BCUT2D eigenvalue weighted by atomic mass is 16.5. The minimum Gasteiger partial charge on any atom is -0.487 e. The van der Waals surface area contributed by atoms with Crippen LogP contribution in [-0.4, -0.2) is 40.1 Å². The molecule has 1 amide bonds. The Labute approximate surface area is 147 Å². The monoisotopic (exact) mass is 341 g/mol. The summed E-state index contributed by atoms with van der Waals surface area (Å²) in [6.07, 6.45) is 5.79. The molecule has 1 aliphatic heterocycles. The van der Waals surface area contributed by atoms with Crippen LogP contribution in [0.15, 0.2) is 28.8 Å². The second-order valence-electron chi connectivity index (χ2n) is 7.06. The molecule has 1 saturated carbocycles. The Kier molecular flexibility index (Phi) is 4.42. The lowest BCUT2D eigenvalue weighted by Gasteiger charge is -2.39. The fourth-order valence-corrected chi connectivity index (χ4v) is 3.59. The molecule has 2 aliphatic rings. The van der Waals surface area contributed by atoms with E-state index in [0.717, 1.165) is 11.3 Å². The molecule has 4 rings (SSSR count). The molecule has 6 nitrogen and oxygen atoms in total. The number of ether oxygens (including phenoxy) is 1. The molecule has 6 heteroatoms. The molecule has 1 saturated heterocycles. The number of aromatic nitrogens is 2. The van der Waals surface area contributed by atoms with Gasteiger partial charge in [-0.05, 0) is 49.9 Å². The third kappa shape index (κ3) is 3.67. The van der Waals surface area contributed by atoms with Gasteiger partial charge >= 0.3 is 0 Å². The summed E-state index contributed by atoms with van der Waals surface area (Å²) < 4.78 is 11.1. The number of nitrogens with zero attached hydrogens (tertiary/aromatic N) is 3. The molecule has 1 aliphatic carbocycles. The molecule has 0 unspecified atom stereocenters. The maximum absolute atomic E-state index is 12.2. The van der Waals surface area contributed by atoms with Crippen LogP contribution in [0.3, 0.4) is 0 Å². The van der Waals surface area contributed by atoms with E-state index in [-0.39, 0.29) is 12.0 Å². The minimum absolute atomic E-state index is 0.0871. The smallest absolute Gasteiger partial charge is 0.257 e. The van der Waals surface area contributed by atoms with Crippen LogP contribution in [0.1, 0.15) is 37.9 Å². The zero-order chi connectivity index (χ0) is 17.2. The number of hydrogen-bond acceptors (Lipinski definition) is 5. The molecule has 2 fully saturated rings. The molecule has 1 aromatic heterocycles. The van der Waals surface area contributed by atoms with Gasteiger partial charge in [-0.2, -0.15) is 4.98 Å². The Morgan fingerprint density at radius 2 is 1.96 bits per heavy atom. The number of hydrogen-bond donors (Lipinski definition) is 0. The van der Waals surface area contributed by atoms with Gasteiger partial charge in [-0.25, -0.2) is 0 Å². The van der Waals surface area contributed by atoms with Crippen molar-refractivity contribution in [2.24, 2.45) is 5.92 Å². The summed E-state index contributed by atoms with van der Waals surface area (Å²) in [5.41, 5.74) is 0.870. The van der Waals surface area contributed by atoms with Gasteiger partial charge in [0.2, 0.25) is 5.91 Å². The van der Waals surface area contributed by atoms with Gasteiger partial charge < -0.3 is 14.2 Å². The quantitative estimate of drug-likeness (QED) is 0.835. The first-order chi connectivity index (χ1) is 12.2. The maximum atomic E-state index is 12.2. The molecule has 25 heavy (non-hydrogen) atoms. The van der Waals surface area contributed by atoms with Crippen molar-refractivity contribution >= 4 is 5.91 Å². The average Bonchev–Trinajstić information content (AvgIpc) is 3.22. The number of amides is 1. The first-order valence-electron chi connectivity index (χ1n) is 9.02. The number of aryl methyl sites for hydroxylation is 1. The van der Waals surface area contributed by atoms with Crippen molar-refractivity contribution < 1.29 is 14.1 Å². The topological polar surface area (TPSA) is 68.5 Å². The van der Waals surface area contributed by atoms with Gasteiger partial charge in [0, 0.05) is 12.0 Å². The Morgan fingerprint density at radius 3 is 2.60 bits per heavy atom. The first kappa shape index (κ1) is 16.1. The van der Waals surface area contributed by atoms with Crippen LogP contribution in [0.2, 0.25) is 0 Å². The van der Waals surface area contributed by atoms with Gasteiger partial charge in [-0.15, -0.1) is 0 Å². The van der Waals surface area contributed by atoms with E-state index in [9.17, 15) is 4.79 Å². The highest BCUT2D eigenvalue weighted by molar-refractivity contribution is 5.77. The largest absolute Gasteiger partial charge is 0.487 e. The van der Waals surface area contributed by atoms with Crippen LogP contribution in [-0.2, 0) is 4.79 Å². The molecule has 0 atom stereocenters. The lowest BCUT2D eigenvalue weighted by Crippen LogP contribution is -2.56. The number of likely N-dealkylation sites (tertiary alicyclic amines) is 1. The van der Waals surface area contributed by atoms with Crippen molar-refractivity contribution in [2.45, 2.75) is 45.1 Å². The molecule has 132 valence electrons. The summed E-state index contributed by atoms with van der Waals surface area (Å²) >= 11 is 0. The second kappa shape index (κ2) is 6.86. The Morgan fingerprint density at radius 1 is 1.24 bits per heavy atom. The van der Waals surface area contributed by atoms with Gasteiger partial charge in [-0.3, -0.25) is 4.79 Å². The van der Waals surface area contributed by atoms with Crippen molar-refractivity contribution in [3.63, 3.8) is 0 Å². The number of rotatable bonds is 5. The van der Waals surface area contributed by atoms with E-state index in [2.05, 4.69) is 10.1 Å². The van der Waals surface area contributed by atoms with Gasteiger partial charge in [0.25, 0.3) is 5.89 Å². The zero-order valence-electron chi connectivity index (χ0n) is 14.5. The molecular weight excluding hydrogens is 318 g/mol. The maximum Gasteiger partial charge on any atom is 0.257 e. The van der Waals surface area contributed by atoms with E-state index in [4.69, 9.17) is 9.26 Å². The Bertz CT molecular complexity index is 729. The van der Waals surface area contributed by atoms with E-state index in [1.807, 2.05) is 29.2 Å². The van der Waals surface area contributed by atoms with E-state index >= 15 is 0 Å². The number of benzene rings is 1. The molecule has 2 aromatic rings. The summed E-state index contributed by atoms with van der Waals surface area (Å²) in [5, 5.41) is 3.79. The fraction of sp³-hybridized carbons (Fsp3) is 0.526. The standard InChI is InChI=1S/C19H23N3O3/c1-13-20-19(25-21-13)15-6-8-16(9-7-15)24-17-11-22(12-17)18(23)10-14-4-2-3-5-14/h6-9,14,17H,2-5,10-12H2,1H3. The Balaban J connectivity index is 1.25. The van der Waals surface area contributed by atoms with Crippen LogP contribution in [0, 0.1) is 12.8 Å². The number of carbonyl (C=O) groups excluding carboxylic acids is 1. The van der Waals surface area contributed by atoms with Gasteiger partial charge in [0.1, 0.15) is 11.9 Å². The third-order valence-electron chi connectivity index (χ3n) is 5.07. The third-order valence-corrected chi connectivity index (χ3v) is 5.07. The summed E-state index contributed by atoms with van der Waals surface area (Å²) in [6.45, 7) is 3.17. The van der Waals surface area contributed by atoms with Crippen molar-refractivity contribution in [3.05, 3.63) is 30.1 Å². The SMILES string of the molecule is Cc1noc(-c2ccc(OC3CN(C(=O)CC4CCCC4)C3)cc2)n1. The van der Waals surface area contributed by atoms with Crippen LogP contribution in [0.4, 0.5) is 0 Å². The van der Waals surface area contributed by atoms with E-state index in [1.54, 1.807) is 6.92 Å². The van der Waals surface area contributed by atoms with Crippen LogP contribution in [0.25, 0.3) is 11.5 Å². The van der Waals surface area contributed by atoms with E-state index < -0.39 is 0 Å². The highest BCUT2D eigenvalue weighted by Crippen LogP contribution is 2.29. The molecule has 0 bridgehead atoms. The second-order valence-corrected chi connectivity index (χ2v) is 7.06. The summed E-state index contributed by atoms with van der Waals surface area (Å²) in [6, 6.07) is 7.61. The van der Waals surface area contributed by atoms with Crippen molar-refractivity contribution in [1.29, 1.82) is 0 Å². The van der Waals surface area contributed by atoms with Gasteiger partial charge in [0.15, 0.2) is 5.82 Å². The molecule has 2 heterocycles. The summed E-state index contributed by atoms with van der Waals surface area (Å²) in [4.78, 5) is 18.4. The van der Waals surface area contributed by atoms with E-state index in [1.165, 1.54) is 25.7 Å². The fourth-order valence-electron chi connectivity index (χ4n) is 3.59. The lowest BCUT2D eigenvalue weighted by molar-refractivity contribution is -0.141. The lowest BCUT2D eigenvalue weighted by atomic mass is 10.0. The predicted molar refractivity (Wildman–Crippen MR) is 92.0 cm³/mol. The Hall–Kier alpha value is -2.37. The number of carbonyl (C=O) groups is 1. The predicted octanol–water partition coefficient (Wildman–Crippen LogP) is 3.21. The molecular formula is C19H23N3O3. The van der Waals surface area contributed by atoms with Crippen LogP contribution < -0.4 is 4.74 Å². The normalized spacial score (nSPS) is 18.4. The molecule has 0 N–H and O–H groups in total. The molecule has 1 aromatic carbocycles. The average molecular weight is 341 g/mol. The summed E-state index contributed by atoms with van der Waals surface area (Å²) in [5.74, 6) is 2.82. The van der Waals surface area contributed by atoms with Crippen molar-refractivity contribution in [3.8, 4) is 17.2 Å². The van der Waals surface area contributed by atoms with Gasteiger partial charge in [0.05, 0.1) is 13.1 Å². The van der Waals surface area contributed by atoms with Crippen molar-refractivity contribution in [2.75, 3.05) is 13.1 Å². The minimum atomic E-state index is 0.0871. The highest BCUT2D eigenvalue weighted by Gasteiger charge is 2.33. The van der Waals surface area contributed by atoms with E-state index in [0.29, 0.717) is 37.1 Å². The van der Waals surface area contributed by atoms with Crippen LogP contribution >= 0.6 is 0 Å². The van der Waals surface area contributed by atoms with Crippen molar-refractivity contribution in [1.82, 2.24) is 15.0 Å². The summed E-state index contributed by atoms with van der Waals surface area (Å²) in [7, 11) is 0.